The lowest BCUT2D eigenvalue weighted by Gasteiger charge is -2.27. The lowest BCUT2D eigenvalue weighted by atomic mass is 10.1. The van der Waals surface area contributed by atoms with Crippen molar-refractivity contribution in [2.24, 2.45) is 0 Å². The molecule has 1 aromatic carbocycles. The molecule has 0 spiro atoms. The lowest BCUT2D eigenvalue weighted by Crippen LogP contribution is -2.49. The molecular formula is C17H18NO5S2-. The summed E-state index contributed by atoms with van der Waals surface area (Å²) in [7, 11) is 1.43. The normalized spacial score (nSPS) is 17.2. The first-order chi connectivity index (χ1) is 11.9. The second-order valence-electron chi connectivity index (χ2n) is 5.46. The van der Waals surface area contributed by atoms with Crippen LogP contribution in [-0.2, 0) is 9.59 Å². The van der Waals surface area contributed by atoms with Gasteiger partial charge in [0.15, 0.2) is 11.5 Å². The number of phenolic OH excluding ortho intramolecular Hbond substituents is 1. The summed E-state index contributed by atoms with van der Waals surface area (Å²) in [5.74, 6) is -1.49. The molecule has 0 radical (unpaired) electrons. The molecule has 6 nitrogen and oxygen atoms in total. The van der Waals surface area contributed by atoms with E-state index in [-0.39, 0.29) is 15.8 Å². The predicted molar refractivity (Wildman–Crippen MR) is 98.0 cm³/mol. The van der Waals surface area contributed by atoms with Crippen LogP contribution in [0.1, 0.15) is 31.7 Å². The Bertz CT molecular complexity index is 732. The Balaban J connectivity index is 2.29. The van der Waals surface area contributed by atoms with Gasteiger partial charge in [-0.2, -0.15) is 0 Å². The molecule has 0 bridgehead atoms. The maximum atomic E-state index is 12.6. The number of methoxy groups -OCH3 is 1. The van der Waals surface area contributed by atoms with E-state index < -0.39 is 17.9 Å². The van der Waals surface area contributed by atoms with Crippen molar-refractivity contribution in [2.45, 2.75) is 32.2 Å². The van der Waals surface area contributed by atoms with Crippen LogP contribution in [0, 0.1) is 0 Å². The molecule has 8 heteroatoms. The van der Waals surface area contributed by atoms with E-state index in [2.05, 4.69) is 0 Å². The third-order valence-electron chi connectivity index (χ3n) is 3.74. The van der Waals surface area contributed by atoms with Crippen LogP contribution in [0.25, 0.3) is 6.08 Å². The Morgan fingerprint density at radius 3 is 2.84 bits per heavy atom. The number of aromatic hydroxyl groups is 1. The quantitative estimate of drug-likeness (QED) is 0.571. The zero-order valence-corrected chi connectivity index (χ0v) is 15.5. The van der Waals surface area contributed by atoms with Gasteiger partial charge in [-0.05, 0) is 30.2 Å². The highest BCUT2D eigenvalue weighted by atomic mass is 32.2. The van der Waals surface area contributed by atoms with E-state index in [9.17, 15) is 19.8 Å². The number of carbonyl (C=O) groups is 2. The first-order valence-electron chi connectivity index (χ1n) is 7.74. The molecule has 1 saturated heterocycles. The molecule has 0 aliphatic carbocycles. The largest absolute Gasteiger partial charge is 0.548 e. The molecule has 0 saturated carbocycles. The number of hydrogen-bond donors (Lipinski definition) is 1. The number of carbonyl (C=O) groups excluding carboxylic acids is 2. The van der Waals surface area contributed by atoms with Gasteiger partial charge in [0.25, 0.3) is 5.91 Å². The van der Waals surface area contributed by atoms with Crippen LogP contribution in [0.15, 0.2) is 23.1 Å². The van der Waals surface area contributed by atoms with E-state index in [4.69, 9.17) is 17.0 Å². The summed E-state index contributed by atoms with van der Waals surface area (Å²) >= 11 is 6.25. The SMILES string of the molecule is CCCC[C@@H](C(=O)[O-])N1C(=O)/C(=C/c2ccc(O)c(OC)c2)SC1=S. The number of rotatable bonds is 7. The molecule has 1 fully saturated rings. The average Bonchev–Trinajstić information content (AvgIpc) is 2.84. The van der Waals surface area contributed by atoms with Crippen molar-refractivity contribution in [3.8, 4) is 11.5 Å². The average molecular weight is 380 g/mol. The predicted octanol–water partition coefficient (Wildman–Crippen LogP) is 1.91. The van der Waals surface area contributed by atoms with Gasteiger partial charge in [-0.3, -0.25) is 9.69 Å². The number of carboxylic acid groups (broad SMARTS) is 1. The maximum Gasteiger partial charge on any atom is 0.266 e. The second kappa shape index (κ2) is 8.35. The number of ether oxygens (including phenoxy) is 1. The summed E-state index contributed by atoms with van der Waals surface area (Å²) in [6, 6.07) is 3.59. The number of carboxylic acids is 1. The van der Waals surface area contributed by atoms with Crippen molar-refractivity contribution in [3.05, 3.63) is 28.7 Å². The van der Waals surface area contributed by atoms with Crippen molar-refractivity contribution in [1.29, 1.82) is 0 Å². The Hall–Kier alpha value is -2.06. The van der Waals surface area contributed by atoms with Crippen molar-refractivity contribution in [1.82, 2.24) is 4.90 Å². The van der Waals surface area contributed by atoms with Crippen LogP contribution in [0.2, 0.25) is 0 Å². The minimum Gasteiger partial charge on any atom is -0.548 e. The molecule has 2 rings (SSSR count). The fourth-order valence-corrected chi connectivity index (χ4v) is 3.79. The topological polar surface area (TPSA) is 89.9 Å². The number of aliphatic carboxylic acids is 1. The number of phenols is 1. The number of amides is 1. The molecule has 0 unspecified atom stereocenters. The molecular weight excluding hydrogens is 362 g/mol. The minimum absolute atomic E-state index is 0.0104. The molecule has 0 aromatic heterocycles. The second-order valence-corrected chi connectivity index (χ2v) is 7.14. The van der Waals surface area contributed by atoms with E-state index in [1.165, 1.54) is 13.2 Å². The number of hydrogen-bond acceptors (Lipinski definition) is 7. The minimum atomic E-state index is -1.31. The highest BCUT2D eigenvalue weighted by molar-refractivity contribution is 8.26. The number of benzene rings is 1. The van der Waals surface area contributed by atoms with Crippen LogP contribution in [-0.4, -0.2) is 39.4 Å². The van der Waals surface area contributed by atoms with Crippen LogP contribution in [0.3, 0.4) is 0 Å². The van der Waals surface area contributed by atoms with Crippen LogP contribution in [0.4, 0.5) is 0 Å². The summed E-state index contributed by atoms with van der Waals surface area (Å²) < 4.78 is 5.24. The van der Waals surface area contributed by atoms with Gasteiger partial charge in [-0.1, -0.05) is 49.8 Å². The molecule has 25 heavy (non-hydrogen) atoms. The van der Waals surface area contributed by atoms with Crippen molar-refractivity contribution in [2.75, 3.05) is 7.11 Å². The van der Waals surface area contributed by atoms with E-state index in [0.29, 0.717) is 23.3 Å². The van der Waals surface area contributed by atoms with E-state index in [0.717, 1.165) is 23.1 Å². The maximum absolute atomic E-state index is 12.6. The van der Waals surface area contributed by atoms with Gasteiger partial charge in [-0.25, -0.2) is 0 Å². The van der Waals surface area contributed by atoms with Gasteiger partial charge in [0.05, 0.1) is 24.0 Å². The Morgan fingerprint density at radius 2 is 2.24 bits per heavy atom. The third kappa shape index (κ3) is 4.32. The summed E-state index contributed by atoms with van der Waals surface area (Å²) in [5, 5.41) is 21.1. The standard InChI is InChI=1S/C17H19NO5S2/c1-3-4-5-11(16(21)22)18-15(20)14(25-17(18)24)9-10-6-7-12(19)13(8-10)23-2/h6-9,11,19H,3-5H2,1-2H3,(H,21,22)/p-1/b14-9-/t11-/m0/s1. The molecule has 1 aromatic rings. The van der Waals surface area contributed by atoms with Crippen molar-refractivity contribution in [3.63, 3.8) is 0 Å². The van der Waals surface area contributed by atoms with Gasteiger partial charge >= 0.3 is 0 Å². The summed E-state index contributed by atoms with van der Waals surface area (Å²) in [5.41, 5.74) is 0.633. The molecule has 1 heterocycles. The van der Waals surface area contributed by atoms with Gasteiger partial charge < -0.3 is 19.7 Å². The molecule has 1 amide bonds. The molecule has 1 aliphatic heterocycles. The highest BCUT2D eigenvalue weighted by Crippen LogP contribution is 2.36. The van der Waals surface area contributed by atoms with Crippen LogP contribution in [0.5, 0.6) is 11.5 Å². The summed E-state index contributed by atoms with van der Waals surface area (Å²) in [6.07, 6.45) is 3.35. The third-order valence-corrected chi connectivity index (χ3v) is 5.07. The van der Waals surface area contributed by atoms with E-state index in [1.807, 2.05) is 6.92 Å². The molecule has 1 aliphatic rings. The van der Waals surface area contributed by atoms with Gasteiger partial charge in [-0.15, -0.1) is 0 Å². The first-order valence-corrected chi connectivity index (χ1v) is 8.96. The zero-order chi connectivity index (χ0) is 18.6. The summed E-state index contributed by atoms with van der Waals surface area (Å²) in [4.78, 5) is 25.5. The summed E-state index contributed by atoms with van der Waals surface area (Å²) in [6.45, 7) is 1.94. The van der Waals surface area contributed by atoms with Gasteiger partial charge in [0, 0.05) is 0 Å². The van der Waals surface area contributed by atoms with E-state index >= 15 is 0 Å². The van der Waals surface area contributed by atoms with Crippen molar-refractivity contribution < 1.29 is 24.5 Å². The fraction of sp³-hybridized carbons (Fsp3) is 0.353. The Morgan fingerprint density at radius 1 is 1.52 bits per heavy atom. The van der Waals surface area contributed by atoms with E-state index in [1.54, 1.807) is 18.2 Å². The number of thiocarbonyl (C=S) groups is 1. The van der Waals surface area contributed by atoms with Gasteiger partial charge in [0.2, 0.25) is 0 Å². The highest BCUT2D eigenvalue weighted by Gasteiger charge is 2.37. The van der Waals surface area contributed by atoms with Crippen molar-refractivity contribution >= 4 is 46.3 Å². The molecule has 1 atom stereocenters. The van der Waals surface area contributed by atoms with Gasteiger partial charge in [0.1, 0.15) is 4.32 Å². The Labute approximate surface area is 155 Å². The Kier molecular flexibility index (Phi) is 6.44. The molecule has 1 N–H and O–H groups in total. The fourth-order valence-electron chi connectivity index (χ4n) is 2.43. The first kappa shape index (κ1) is 19.3. The lowest BCUT2D eigenvalue weighted by molar-refractivity contribution is -0.310. The van der Waals surface area contributed by atoms with Crippen LogP contribution < -0.4 is 9.84 Å². The molecule has 134 valence electrons. The monoisotopic (exact) mass is 380 g/mol. The number of thioether (sulfide) groups is 1. The number of nitrogens with zero attached hydrogens (tertiary/aromatic N) is 1. The smallest absolute Gasteiger partial charge is 0.266 e. The van der Waals surface area contributed by atoms with Crippen LogP contribution >= 0.6 is 24.0 Å². The number of unbranched alkanes of at least 4 members (excludes halogenated alkanes) is 1. The zero-order valence-electron chi connectivity index (χ0n) is 13.9.